The number of carbonyl (C=O) groups is 1. The molecule has 3 rings (SSSR count). The normalized spacial score (nSPS) is 17.9. The van der Waals surface area contributed by atoms with Crippen LogP contribution in [-0.2, 0) is 0 Å². The summed E-state index contributed by atoms with van der Waals surface area (Å²) in [4.78, 5) is 13.9. The molecule has 1 saturated heterocycles. The van der Waals surface area contributed by atoms with E-state index in [0.717, 1.165) is 10.5 Å². The highest BCUT2D eigenvalue weighted by atomic mass is 35.5. The number of benzene rings is 2. The fourth-order valence-electron chi connectivity index (χ4n) is 2.91. The molecule has 2 N–H and O–H groups in total. The van der Waals surface area contributed by atoms with Crippen molar-refractivity contribution in [1.29, 1.82) is 0 Å². The van der Waals surface area contributed by atoms with Crippen LogP contribution in [0.15, 0.2) is 52.5 Å². The van der Waals surface area contributed by atoms with Crippen LogP contribution >= 0.6 is 58.9 Å². The van der Waals surface area contributed by atoms with E-state index in [4.69, 9.17) is 35.4 Å². The molecule has 164 valence electrons. The van der Waals surface area contributed by atoms with Crippen LogP contribution in [0.3, 0.4) is 0 Å². The number of hydrogen-bond acceptors (Lipinski definition) is 6. The van der Waals surface area contributed by atoms with Gasteiger partial charge in [-0.25, -0.2) is 9.80 Å². The van der Waals surface area contributed by atoms with Crippen molar-refractivity contribution in [2.45, 2.75) is 29.7 Å². The maximum Gasteiger partial charge on any atom is 0.347 e. The minimum atomic E-state index is -0.825. The molecule has 1 heterocycles. The highest BCUT2D eigenvalue weighted by Crippen LogP contribution is 2.42. The largest absolute Gasteiger partial charge is 0.347 e. The fourth-order valence-corrected chi connectivity index (χ4v) is 5.41. The Labute approximate surface area is 204 Å². The van der Waals surface area contributed by atoms with Gasteiger partial charge in [-0.1, -0.05) is 59.3 Å². The molecule has 6 nitrogen and oxygen atoms in total. The van der Waals surface area contributed by atoms with Crippen LogP contribution in [0.4, 0.5) is 10.5 Å². The second-order valence-electron chi connectivity index (χ2n) is 7.11. The summed E-state index contributed by atoms with van der Waals surface area (Å²) in [6, 6.07) is 11.8. The SMILES string of the molecule is CSc1ccc(/C=N/N2C(=S)SC(C)(C)C2N(O)C(=O)Nc2ccc(Cl)c(Cl)c2)cc1. The van der Waals surface area contributed by atoms with Gasteiger partial charge in [0, 0.05) is 10.6 Å². The summed E-state index contributed by atoms with van der Waals surface area (Å²) < 4.78 is -0.158. The number of rotatable bonds is 5. The molecule has 2 aromatic rings. The van der Waals surface area contributed by atoms with E-state index >= 15 is 0 Å². The number of hydroxylamine groups is 2. The predicted molar refractivity (Wildman–Crippen MR) is 135 cm³/mol. The maximum atomic E-state index is 12.7. The lowest BCUT2D eigenvalue weighted by Crippen LogP contribution is -2.54. The van der Waals surface area contributed by atoms with E-state index in [9.17, 15) is 10.0 Å². The van der Waals surface area contributed by atoms with Gasteiger partial charge in [-0.05, 0) is 56.0 Å². The molecule has 0 aromatic heterocycles. The molecule has 0 spiro atoms. The van der Waals surface area contributed by atoms with Gasteiger partial charge < -0.3 is 5.32 Å². The van der Waals surface area contributed by atoms with E-state index in [0.29, 0.717) is 25.1 Å². The lowest BCUT2D eigenvalue weighted by Gasteiger charge is -2.34. The van der Waals surface area contributed by atoms with Gasteiger partial charge in [-0.3, -0.25) is 5.21 Å². The first-order valence-corrected chi connectivity index (χ1v) is 12.3. The average Bonchev–Trinajstić information content (AvgIpc) is 2.96. The minimum Gasteiger partial charge on any atom is -0.306 e. The number of carbonyl (C=O) groups excluding carboxylic acids is 1. The lowest BCUT2D eigenvalue weighted by atomic mass is 10.1. The van der Waals surface area contributed by atoms with E-state index < -0.39 is 16.9 Å². The average molecular weight is 516 g/mol. The molecule has 0 radical (unpaired) electrons. The monoisotopic (exact) mass is 514 g/mol. The van der Waals surface area contributed by atoms with E-state index in [-0.39, 0.29) is 0 Å². The van der Waals surface area contributed by atoms with Crippen LogP contribution < -0.4 is 5.32 Å². The van der Waals surface area contributed by atoms with Crippen molar-refractivity contribution in [3.63, 3.8) is 0 Å². The van der Waals surface area contributed by atoms with Crippen molar-refractivity contribution in [2.75, 3.05) is 11.6 Å². The number of thioether (sulfide) groups is 2. The van der Waals surface area contributed by atoms with E-state index in [1.54, 1.807) is 30.1 Å². The second-order valence-corrected chi connectivity index (χ2v) is 11.1. The Morgan fingerprint density at radius 3 is 2.58 bits per heavy atom. The predicted octanol–water partition coefficient (Wildman–Crippen LogP) is 6.41. The summed E-state index contributed by atoms with van der Waals surface area (Å²) in [6.07, 6.45) is 2.83. The molecule has 1 fully saturated rings. The molecule has 0 aliphatic carbocycles. The Kier molecular flexibility index (Phi) is 7.77. The topological polar surface area (TPSA) is 68.2 Å². The summed E-state index contributed by atoms with van der Waals surface area (Å²) in [5, 5.41) is 20.6. The molecule has 1 atom stereocenters. The Morgan fingerprint density at radius 2 is 1.97 bits per heavy atom. The molecule has 2 amide bonds. The summed E-state index contributed by atoms with van der Waals surface area (Å²) >= 11 is 20.4. The van der Waals surface area contributed by atoms with Gasteiger partial charge in [-0.2, -0.15) is 10.2 Å². The molecule has 31 heavy (non-hydrogen) atoms. The van der Waals surface area contributed by atoms with Crippen LogP contribution in [0.2, 0.25) is 10.0 Å². The lowest BCUT2D eigenvalue weighted by molar-refractivity contribution is -0.114. The summed E-state index contributed by atoms with van der Waals surface area (Å²) in [7, 11) is 0. The van der Waals surface area contributed by atoms with Gasteiger partial charge in [0.15, 0.2) is 10.5 Å². The third-order valence-electron chi connectivity index (χ3n) is 4.45. The molecule has 0 saturated carbocycles. The number of thiocarbonyl (C=S) groups is 1. The minimum absolute atomic E-state index is 0.292. The van der Waals surface area contributed by atoms with Gasteiger partial charge in [-0.15, -0.1) is 11.8 Å². The first kappa shape index (κ1) is 24.2. The van der Waals surface area contributed by atoms with Crippen LogP contribution in [0.25, 0.3) is 0 Å². The van der Waals surface area contributed by atoms with Crippen molar-refractivity contribution >= 4 is 81.2 Å². The Hall–Kier alpha value is -1.49. The molecular weight excluding hydrogens is 495 g/mol. The van der Waals surface area contributed by atoms with E-state index in [2.05, 4.69) is 10.4 Å². The smallest absolute Gasteiger partial charge is 0.306 e. The Balaban J connectivity index is 1.80. The zero-order chi connectivity index (χ0) is 22.8. The summed E-state index contributed by atoms with van der Waals surface area (Å²) in [5.41, 5.74) is 1.27. The number of nitrogens with zero attached hydrogens (tertiary/aromatic N) is 3. The summed E-state index contributed by atoms with van der Waals surface area (Å²) in [5.74, 6) is 0. The molecule has 11 heteroatoms. The molecule has 2 aromatic carbocycles. The number of amides is 2. The number of halogens is 2. The van der Waals surface area contributed by atoms with Crippen molar-refractivity contribution in [1.82, 2.24) is 10.1 Å². The van der Waals surface area contributed by atoms with Crippen LogP contribution in [0.5, 0.6) is 0 Å². The van der Waals surface area contributed by atoms with Crippen molar-refractivity contribution in [3.05, 3.63) is 58.1 Å². The number of urea groups is 1. The molecule has 1 aliphatic rings. The second kappa shape index (κ2) is 9.97. The third kappa shape index (κ3) is 5.66. The van der Waals surface area contributed by atoms with Gasteiger partial charge >= 0.3 is 6.03 Å². The highest BCUT2D eigenvalue weighted by Gasteiger charge is 2.50. The molecule has 1 aliphatic heterocycles. The first-order chi connectivity index (χ1) is 14.6. The molecular formula is C20H20Cl2N4O2S3. The van der Waals surface area contributed by atoms with Crippen molar-refractivity contribution in [2.24, 2.45) is 5.10 Å². The van der Waals surface area contributed by atoms with Gasteiger partial charge in [0.2, 0.25) is 0 Å². The number of hydrogen-bond donors (Lipinski definition) is 2. The number of anilines is 1. The van der Waals surface area contributed by atoms with Gasteiger partial charge in [0.25, 0.3) is 0 Å². The van der Waals surface area contributed by atoms with Crippen LogP contribution in [0.1, 0.15) is 19.4 Å². The summed E-state index contributed by atoms with van der Waals surface area (Å²) in [6.45, 7) is 3.76. The maximum absolute atomic E-state index is 12.7. The fraction of sp³-hybridized carbons (Fsp3) is 0.250. The van der Waals surface area contributed by atoms with Gasteiger partial charge in [0.05, 0.1) is 21.0 Å². The third-order valence-corrected chi connectivity index (χ3v) is 7.47. The zero-order valence-electron chi connectivity index (χ0n) is 16.9. The van der Waals surface area contributed by atoms with E-state index in [1.807, 2.05) is 44.4 Å². The quantitative estimate of drug-likeness (QED) is 0.158. The van der Waals surface area contributed by atoms with Gasteiger partial charge in [0.1, 0.15) is 0 Å². The Morgan fingerprint density at radius 1 is 1.29 bits per heavy atom. The number of hydrazone groups is 1. The van der Waals surface area contributed by atoms with E-state index in [1.165, 1.54) is 22.8 Å². The molecule has 1 unspecified atom stereocenters. The van der Waals surface area contributed by atoms with Crippen LogP contribution in [0, 0.1) is 0 Å². The number of nitrogens with one attached hydrogen (secondary N) is 1. The first-order valence-electron chi connectivity index (χ1n) is 9.07. The standard InChI is InChI=1S/C20H20Cl2N4O2S3/c1-20(2)17(26(28)18(27)24-13-6-9-15(21)16(22)10-13)25(19(29)31-20)23-11-12-4-7-14(30-3)8-5-12/h4-11,17,28H,1-3H3,(H,24,27)/b23-11+. The zero-order valence-corrected chi connectivity index (χ0v) is 20.8. The Bertz CT molecular complexity index is 1020. The van der Waals surface area contributed by atoms with Crippen molar-refractivity contribution in [3.8, 4) is 0 Å². The van der Waals surface area contributed by atoms with Crippen LogP contribution in [-0.4, -0.2) is 49.0 Å². The highest BCUT2D eigenvalue weighted by molar-refractivity contribution is 8.24. The molecule has 0 bridgehead atoms. The van der Waals surface area contributed by atoms with Crippen molar-refractivity contribution < 1.29 is 10.0 Å².